The van der Waals surface area contributed by atoms with Crippen LogP contribution in [0.3, 0.4) is 0 Å². The Kier molecular flexibility index (Phi) is 4.42. The second-order valence-electron chi connectivity index (χ2n) is 5.33. The number of phenols is 1. The molecule has 0 heterocycles. The first-order valence-corrected chi connectivity index (χ1v) is 6.81. The summed E-state index contributed by atoms with van der Waals surface area (Å²) in [5, 5.41) is 14.8. The van der Waals surface area contributed by atoms with Gasteiger partial charge >= 0.3 is 6.18 Å². The predicted octanol–water partition coefficient (Wildman–Crippen LogP) is 4.54. The molecule has 2 N–H and O–H groups in total. The first-order valence-electron chi connectivity index (χ1n) is 6.81. The van der Waals surface area contributed by atoms with E-state index in [1.165, 1.54) is 6.92 Å². The molecule has 2 rings (SSSR count). The van der Waals surface area contributed by atoms with Crippen LogP contribution in [0, 0.1) is 0 Å². The third-order valence-electron chi connectivity index (χ3n) is 3.47. The molecule has 0 amide bonds. The van der Waals surface area contributed by atoms with Crippen molar-refractivity contribution in [1.29, 1.82) is 0 Å². The molecule has 0 saturated carbocycles. The average Bonchev–Trinajstić information content (AvgIpc) is 2.36. The van der Waals surface area contributed by atoms with E-state index in [1.807, 2.05) is 24.3 Å². The van der Waals surface area contributed by atoms with Crippen LogP contribution in [-0.4, -0.2) is 17.3 Å². The maximum Gasteiger partial charge on any atom is 0.390 e. The van der Waals surface area contributed by atoms with Crippen molar-refractivity contribution in [2.24, 2.45) is 0 Å². The lowest BCUT2D eigenvalue weighted by atomic mass is 10.0. The van der Waals surface area contributed by atoms with Gasteiger partial charge in [-0.15, -0.1) is 0 Å². The van der Waals surface area contributed by atoms with Gasteiger partial charge in [-0.05, 0) is 19.2 Å². The molecule has 21 heavy (non-hydrogen) atoms. The Morgan fingerprint density at radius 1 is 1.10 bits per heavy atom. The zero-order chi connectivity index (χ0) is 15.6. The topological polar surface area (TPSA) is 32.3 Å². The number of fused-ring (bicyclic) bond motifs is 1. The molecule has 114 valence electrons. The molecule has 0 spiro atoms. The van der Waals surface area contributed by atoms with Crippen molar-refractivity contribution >= 4 is 10.8 Å². The Morgan fingerprint density at radius 3 is 2.43 bits per heavy atom. The van der Waals surface area contributed by atoms with Crippen molar-refractivity contribution in [2.75, 3.05) is 0 Å². The lowest BCUT2D eigenvalue weighted by Crippen LogP contribution is -2.33. The van der Waals surface area contributed by atoms with Crippen LogP contribution in [0.15, 0.2) is 36.4 Å². The number of nitrogens with one attached hydrogen (secondary N) is 1. The molecule has 2 nitrogen and oxygen atoms in total. The number of benzene rings is 2. The van der Waals surface area contributed by atoms with E-state index in [-0.39, 0.29) is 11.8 Å². The average molecular weight is 297 g/mol. The van der Waals surface area contributed by atoms with Crippen LogP contribution in [0.4, 0.5) is 13.2 Å². The van der Waals surface area contributed by atoms with Gasteiger partial charge in [-0.1, -0.05) is 36.4 Å². The van der Waals surface area contributed by atoms with Crippen LogP contribution in [0.25, 0.3) is 10.8 Å². The Labute approximate surface area is 121 Å². The molecule has 0 aromatic heterocycles. The van der Waals surface area contributed by atoms with Gasteiger partial charge in [0.05, 0.1) is 6.42 Å². The molecule has 2 aromatic rings. The fraction of sp³-hybridized carbons (Fsp3) is 0.375. The van der Waals surface area contributed by atoms with Crippen LogP contribution in [0.5, 0.6) is 5.75 Å². The van der Waals surface area contributed by atoms with Crippen LogP contribution in [-0.2, 0) is 0 Å². The Bertz CT molecular complexity index is 624. The third-order valence-corrected chi connectivity index (χ3v) is 3.47. The normalized spacial score (nSPS) is 15.1. The third kappa shape index (κ3) is 3.88. The minimum Gasteiger partial charge on any atom is -0.507 e. The number of hydrogen-bond acceptors (Lipinski definition) is 2. The molecule has 0 fully saturated rings. The summed E-state index contributed by atoms with van der Waals surface area (Å²) in [7, 11) is 0. The zero-order valence-corrected chi connectivity index (χ0v) is 11.9. The molecule has 0 aliphatic carbocycles. The van der Waals surface area contributed by atoms with E-state index in [4.69, 9.17) is 0 Å². The summed E-state index contributed by atoms with van der Waals surface area (Å²) >= 11 is 0. The summed E-state index contributed by atoms with van der Waals surface area (Å²) in [5.41, 5.74) is 0.600. The summed E-state index contributed by atoms with van der Waals surface area (Å²) in [6.07, 6.45) is -5.09. The van der Waals surface area contributed by atoms with Crippen molar-refractivity contribution < 1.29 is 18.3 Å². The molecule has 0 radical (unpaired) electrons. The molecule has 0 saturated heterocycles. The molecular weight excluding hydrogens is 279 g/mol. The van der Waals surface area contributed by atoms with Crippen molar-refractivity contribution in [3.8, 4) is 5.75 Å². The number of alkyl halides is 3. The highest BCUT2D eigenvalue weighted by Gasteiger charge is 2.30. The van der Waals surface area contributed by atoms with Gasteiger partial charge in [0.1, 0.15) is 5.75 Å². The Hall–Kier alpha value is -1.75. The van der Waals surface area contributed by atoms with Gasteiger partial charge in [0, 0.05) is 23.0 Å². The van der Waals surface area contributed by atoms with Crippen LogP contribution in [0.2, 0.25) is 0 Å². The lowest BCUT2D eigenvalue weighted by Gasteiger charge is -2.22. The number of phenolic OH excluding ortho intramolecular Hbond substituents is 1. The van der Waals surface area contributed by atoms with Gasteiger partial charge in [0.15, 0.2) is 0 Å². The summed E-state index contributed by atoms with van der Waals surface area (Å²) in [4.78, 5) is 0. The summed E-state index contributed by atoms with van der Waals surface area (Å²) in [5.74, 6) is 0.118. The lowest BCUT2D eigenvalue weighted by molar-refractivity contribution is -0.139. The molecule has 0 aliphatic rings. The Morgan fingerprint density at radius 2 is 1.76 bits per heavy atom. The van der Waals surface area contributed by atoms with Gasteiger partial charge in [-0.3, -0.25) is 0 Å². The zero-order valence-electron chi connectivity index (χ0n) is 11.9. The monoisotopic (exact) mass is 297 g/mol. The smallest absolute Gasteiger partial charge is 0.390 e. The molecule has 5 heteroatoms. The van der Waals surface area contributed by atoms with E-state index in [0.29, 0.717) is 10.9 Å². The second kappa shape index (κ2) is 5.93. The van der Waals surface area contributed by atoms with Crippen molar-refractivity contribution in [3.05, 3.63) is 42.0 Å². The van der Waals surface area contributed by atoms with E-state index >= 15 is 0 Å². The standard InChI is InChI=1S/C16H18F3NO/c1-10(9-16(17,18)19)20-11(2)13-8-7-12-5-3-4-6-14(12)15(13)21/h3-8,10-11,20-21H,9H2,1-2H3. The summed E-state index contributed by atoms with van der Waals surface area (Å²) < 4.78 is 37.1. The highest BCUT2D eigenvalue weighted by molar-refractivity contribution is 5.89. The first kappa shape index (κ1) is 15.6. The van der Waals surface area contributed by atoms with Crippen LogP contribution in [0.1, 0.15) is 31.9 Å². The molecule has 0 aliphatic heterocycles. The predicted molar refractivity (Wildman–Crippen MR) is 77.3 cm³/mol. The number of halogens is 3. The number of rotatable bonds is 4. The van der Waals surface area contributed by atoms with Crippen LogP contribution < -0.4 is 5.32 Å². The van der Waals surface area contributed by atoms with Gasteiger partial charge in [-0.25, -0.2) is 0 Å². The van der Waals surface area contributed by atoms with Gasteiger partial charge in [0.25, 0.3) is 0 Å². The van der Waals surface area contributed by atoms with E-state index in [9.17, 15) is 18.3 Å². The Balaban J connectivity index is 2.20. The van der Waals surface area contributed by atoms with E-state index < -0.39 is 18.6 Å². The van der Waals surface area contributed by atoms with E-state index in [1.54, 1.807) is 19.1 Å². The maximum absolute atomic E-state index is 12.4. The molecule has 0 bridgehead atoms. The number of aromatic hydroxyl groups is 1. The summed E-state index contributed by atoms with van der Waals surface area (Å²) in [6, 6.07) is 9.87. The van der Waals surface area contributed by atoms with Gasteiger partial charge in [0.2, 0.25) is 0 Å². The van der Waals surface area contributed by atoms with E-state index in [0.717, 1.165) is 5.39 Å². The molecular formula is C16H18F3NO. The fourth-order valence-electron chi connectivity index (χ4n) is 2.54. The first-order chi connectivity index (χ1) is 9.78. The molecule has 2 unspecified atom stereocenters. The minimum absolute atomic E-state index is 0.118. The fourth-order valence-corrected chi connectivity index (χ4v) is 2.54. The quantitative estimate of drug-likeness (QED) is 0.868. The largest absolute Gasteiger partial charge is 0.507 e. The van der Waals surface area contributed by atoms with E-state index in [2.05, 4.69) is 5.32 Å². The number of hydrogen-bond donors (Lipinski definition) is 2. The minimum atomic E-state index is -4.20. The summed E-state index contributed by atoms with van der Waals surface area (Å²) in [6.45, 7) is 3.23. The molecule has 2 atom stereocenters. The van der Waals surface area contributed by atoms with Crippen LogP contribution >= 0.6 is 0 Å². The maximum atomic E-state index is 12.4. The van der Waals surface area contributed by atoms with Crippen molar-refractivity contribution in [2.45, 2.75) is 38.5 Å². The SMILES string of the molecule is CC(CC(F)(F)F)NC(C)c1ccc2ccccc2c1O. The van der Waals surface area contributed by atoms with Gasteiger partial charge in [-0.2, -0.15) is 13.2 Å². The molecule has 2 aromatic carbocycles. The highest BCUT2D eigenvalue weighted by Crippen LogP contribution is 2.33. The second-order valence-corrected chi connectivity index (χ2v) is 5.33. The van der Waals surface area contributed by atoms with Crippen molar-refractivity contribution in [3.63, 3.8) is 0 Å². The van der Waals surface area contributed by atoms with Gasteiger partial charge < -0.3 is 10.4 Å². The highest BCUT2D eigenvalue weighted by atomic mass is 19.4. The van der Waals surface area contributed by atoms with Crippen molar-refractivity contribution in [1.82, 2.24) is 5.32 Å².